The van der Waals surface area contributed by atoms with E-state index in [-0.39, 0.29) is 0 Å². The predicted octanol–water partition coefficient (Wildman–Crippen LogP) is 5.78. The van der Waals surface area contributed by atoms with E-state index >= 15 is 0 Å². The maximum Gasteiger partial charge on any atom is 0.0762 e. The summed E-state index contributed by atoms with van der Waals surface area (Å²) in [5, 5.41) is 9.58. The molecular weight excluding hydrogens is 332 g/mol. The highest BCUT2D eigenvalue weighted by Gasteiger charge is 2.07. The molecule has 2 aromatic carbocycles. The third-order valence-corrected chi connectivity index (χ3v) is 5.22. The van der Waals surface area contributed by atoms with E-state index < -0.39 is 6.10 Å². The van der Waals surface area contributed by atoms with E-state index in [1.807, 2.05) is 18.2 Å². The quantitative estimate of drug-likeness (QED) is 0.754. The summed E-state index contributed by atoms with van der Waals surface area (Å²) in [6.07, 6.45) is -0.435. The van der Waals surface area contributed by atoms with Crippen molar-refractivity contribution in [1.29, 1.82) is 0 Å². The van der Waals surface area contributed by atoms with Gasteiger partial charge in [0.05, 0.1) is 6.10 Å². The van der Waals surface area contributed by atoms with Gasteiger partial charge in [-0.05, 0) is 64.2 Å². The highest BCUT2D eigenvalue weighted by Crippen LogP contribution is 2.35. The lowest BCUT2D eigenvalue weighted by Crippen LogP contribution is -1.91. The number of aliphatic hydroxyl groups excluding tert-OH is 1. The van der Waals surface area contributed by atoms with Gasteiger partial charge in [-0.25, -0.2) is 0 Å². The highest BCUT2D eigenvalue weighted by molar-refractivity contribution is 9.10. The van der Waals surface area contributed by atoms with Gasteiger partial charge in [0, 0.05) is 14.3 Å². The van der Waals surface area contributed by atoms with Crippen LogP contribution in [0.1, 0.15) is 43.9 Å². The summed E-state index contributed by atoms with van der Waals surface area (Å²) in [6, 6.07) is 14.7. The topological polar surface area (TPSA) is 20.2 Å². The molecule has 1 nitrogen and oxygen atoms in total. The second-order valence-electron chi connectivity index (χ2n) is 5.19. The summed E-state index contributed by atoms with van der Waals surface area (Å²) < 4.78 is 1.02. The summed E-state index contributed by atoms with van der Waals surface area (Å²) in [7, 11) is 0. The predicted molar refractivity (Wildman–Crippen MR) is 89.4 cm³/mol. The monoisotopic (exact) mass is 350 g/mol. The van der Waals surface area contributed by atoms with Gasteiger partial charge in [-0.1, -0.05) is 43.8 Å². The van der Waals surface area contributed by atoms with Crippen molar-refractivity contribution in [3.8, 4) is 0 Å². The molecule has 1 atom stereocenters. The molecule has 1 unspecified atom stereocenters. The Morgan fingerprint density at radius 1 is 0.950 bits per heavy atom. The first kappa shape index (κ1) is 15.6. The molecule has 0 saturated carbocycles. The van der Waals surface area contributed by atoms with E-state index in [0.717, 1.165) is 14.9 Å². The Kier molecular flexibility index (Phi) is 5.30. The molecule has 0 fully saturated rings. The molecule has 0 aliphatic heterocycles. The van der Waals surface area contributed by atoms with Gasteiger partial charge < -0.3 is 5.11 Å². The molecule has 1 N–H and O–H groups in total. The van der Waals surface area contributed by atoms with Crippen LogP contribution in [-0.2, 0) is 0 Å². The molecule has 0 saturated heterocycles. The number of benzene rings is 2. The molecule has 0 heterocycles. The number of halogens is 1. The molecule has 20 heavy (non-hydrogen) atoms. The van der Waals surface area contributed by atoms with Crippen molar-refractivity contribution in [2.75, 3.05) is 0 Å². The van der Waals surface area contributed by atoms with Gasteiger partial charge in [0.15, 0.2) is 0 Å². The second-order valence-corrected chi connectivity index (χ2v) is 7.16. The first-order chi connectivity index (χ1) is 9.47. The van der Waals surface area contributed by atoms with Crippen LogP contribution in [0.15, 0.2) is 56.7 Å². The molecule has 0 bridgehead atoms. The fourth-order valence-electron chi connectivity index (χ4n) is 1.91. The first-order valence-electron chi connectivity index (χ1n) is 6.72. The van der Waals surface area contributed by atoms with E-state index in [1.165, 1.54) is 10.5 Å². The fraction of sp³-hybridized carbons (Fsp3) is 0.294. The van der Waals surface area contributed by atoms with Gasteiger partial charge in [0.2, 0.25) is 0 Å². The third-order valence-electron chi connectivity index (χ3n) is 3.21. The minimum atomic E-state index is -0.435. The largest absolute Gasteiger partial charge is 0.389 e. The van der Waals surface area contributed by atoms with Crippen LogP contribution in [0.5, 0.6) is 0 Å². The Morgan fingerprint density at radius 2 is 1.55 bits per heavy atom. The molecule has 0 radical (unpaired) electrons. The lowest BCUT2D eigenvalue weighted by molar-refractivity contribution is 0.199. The minimum Gasteiger partial charge on any atom is -0.389 e. The summed E-state index contributed by atoms with van der Waals surface area (Å²) in [5.74, 6) is 0.561. The van der Waals surface area contributed by atoms with Crippen molar-refractivity contribution < 1.29 is 5.11 Å². The van der Waals surface area contributed by atoms with Crippen LogP contribution < -0.4 is 0 Å². The minimum absolute atomic E-state index is 0.435. The van der Waals surface area contributed by atoms with Gasteiger partial charge in [0.1, 0.15) is 0 Å². The Bertz CT molecular complexity index is 576. The number of rotatable bonds is 4. The normalized spacial score (nSPS) is 12.7. The Balaban J connectivity index is 2.17. The van der Waals surface area contributed by atoms with Gasteiger partial charge in [-0.15, -0.1) is 0 Å². The summed E-state index contributed by atoms with van der Waals surface area (Å²) in [6.45, 7) is 6.18. The van der Waals surface area contributed by atoms with E-state index in [0.29, 0.717) is 5.92 Å². The van der Waals surface area contributed by atoms with Gasteiger partial charge in [-0.2, -0.15) is 0 Å². The third kappa shape index (κ3) is 3.87. The van der Waals surface area contributed by atoms with E-state index in [9.17, 15) is 5.11 Å². The van der Waals surface area contributed by atoms with Crippen LogP contribution in [-0.4, -0.2) is 5.11 Å². The van der Waals surface area contributed by atoms with Crippen molar-refractivity contribution in [2.45, 2.75) is 42.6 Å². The molecule has 0 amide bonds. The fourth-order valence-corrected chi connectivity index (χ4v) is 3.37. The van der Waals surface area contributed by atoms with E-state index in [2.05, 4.69) is 54.0 Å². The van der Waals surface area contributed by atoms with Gasteiger partial charge in [0.25, 0.3) is 0 Å². The summed E-state index contributed by atoms with van der Waals surface area (Å²) >= 11 is 5.31. The van der Waals surface area contributed by atoms with Crippen LogP contribution in [0.4, 0.5) is 0 Å². The van der Waals surface area contributed by atoms with Crippen LogP contribution in [0, 0.1) is 0 Å². The number of hydrogen-bond donors (Lipinski definition) is 1. The SMILES string of the molecule is CC(C)c1ccc(Sc2ccc(C(C)O)cc2Br)cc1. The van der Waals surface area contributed by atoms with Crippen molar-refractivity contribution in [3.05, 3.63) is 58.1 Å². The Labute approximate surface area is 133 Å². The Morgan fingerprint density at radius 3 is 2.05 bits per heavy atom. The summed E-state index contributed by atoms with van der Waals surface area (Å²) in [5.41, 5.74) is 2.29. The van der Waals surface area contributed by atoms with Crippen LogP contribution >= 0.6 is 27.7 Å². The second kappa shape index (κ2) is 6.79. The van der Waals surface area contributed by atoms with Gasteiger partial charge >= 0.3 is 0 Å². The van der Waals surface area contributed by atoms with Gasteiger partial charge in [-0.3, -0.25) is 0 Å². The molecule has 0 aliphatic carbocycles. The smallest absolute Gasteiger partial charge is 0.0762 e. The lowest BCUT2D eigenvalue weighted by Gasteiger charge is -2.10. The zero-order valence-electron chi connectivity index (χ0n) is 11.9. The highest BCUT2D eigenvalue weighted by atomic mass is 79.9. The zero-order chi connectivity index (χ0) is 14.7. The maximum atomic E-state index is 9.58. The molecule has 2 rings (SSSR count). The summed E-state index contributed by atoms with van der Waals surface area (Å²) in [4.78, 5) is 2.38. The average Bonchev–Trinajstić information content (AvgIpc) is 2.41. The van der Waals surface area contributed by atoms with E-state index in [1.54, 1.807) is 18.7 Å². The zero-order valence-corrected chi connectivity index (χ0v) is 14.3. The van der Waals surface area contributed by atoms with Crippen molar-refractivity contribution in [3.63, 3.8) is 0 Å². The van der Waals surface area contributed by atoms with Crippen molar-refractivity contribution >= 4 is 27.7 Å². The first-order valence-corrected chi connectivity index (χ1v) is 8.33. The molecule has 106 valence electrons. The molecule has 2 aromatic rings. The van der Waals surface area contributed by atoms with Crippen molar-refractivity contribution in [2.24, 2.45) is 0 Å². The van der Waals surface area contributed by atoms with Crippen LogP contribution in [0.25, 0.3) is 0 Å². The maximum absolute atomic E-state index is 9.58. The molecule has 0 aliphatic rings. The number of aliphatic hydroxyl groups is 1. The molecule has 0 spiro atoms. The molecular formula is C17H19BrOS. The molecule has 3 heteroatoms. The number of hydrogen-bond acceptors (Lipinski definition) is 2. The molecule has 0 aromatic heterocycles. The van der Waals surface area contributed by atoms with Crippen LogP contribution in [0.2, 0.25) is 0 Å². The average molecular weight is 351 g/mol. The van der Waals surface area contributed by atoms with Crippen molar-refractivity contribution in [1.82, 2.24) is 0 Å². The standard InChI is InChI=1S/C17H19BrOS/c1-11(2)13-4-7-15(8-5-13)20-17-9-6-14(12(3)19)10-16(17)18/h4-12,19H,1-3H3. The van der Waals surface area contributed by atoms with Crippen LogP contribution in [0.3, 0.4) is 0 Å². The lowest BCUT2D eigenvalue weighted by atomic mass is 10.0. The van der Waals surface area contributed by atoms with E-state index in [4.69, 9.17) is 0 Å². The Hall–Kier alpha value is -0.770.